The summed E-state index contributed by atoms with van der Waals surface area (Å²) in [5, 5.41) is 4.35. The number of hydrogen-bond donors (Lipinski definition) is 1. The van der Waals surface area contributed by atoms with Gasteiger partial charge in [0.05, 0.1) is 17.8 Å². The average Bonchev–Trinajstić information content (AvgIpc) is 3.05. The van der Waals surface area contributed by atoms with E-state index in [-0.39, 0.29) is 12.1 Å². The van der Waals surface area contributed by atoms with Crippen molar-refractivity contribution < 1.29 is 0 Å². The summed E-state index contributed by atoms with van der Waals surface area (Å²) in [5.41, 5.74) is 5.03. The maximum absolute atomic E-state index is 5.65. The molecule has 1 aliphatic rings. The maximum Gasteiger partial charge on any atom is 0.170 e. The van der Waals surface area contributed by atoms with Crippen molar-refractivity contribution in [2.45, 2.75) is 52.7 Å². The fourth-order valence-corrected chi connectivity index (χ4v) is 4.17. The lowest BCUT2D eigenvalue weighted by Crippen LogP contribution is -2.30. The number of pyridine rings is 1. The van der Waals surface area contributed by atoms with Crippen LogP contribution in [0.25, 0.3) is 0 Å². The molecule has 0 bridgehead atoms. The molecule has 1 N–H and O–H groups in total. The van der Waals surface area contributed by atoms with E-state index >= 15 is 0 Å². The van der Waals surface area contributed by atoms with Crippen LogP contribution in [0.5, 0.6) is 0 Å². The molecule has 128 valence electrons. The zero-order valence-corrected chi connectivity index (χ0v) is 15.7. The fourth-order valence-electron chi connectivity index (χ4n) is 3.84. The van der Waals surface area contributed by atoms with Crippen molar-refractivity contribution in [1.82, 2.24) is 19.8 Å². The van der Waals surface area contributed by atoms with Gasteiger partial charge >= 0.3 is 0 Å². The molecule has 1 fully saturated rings. The normalized spacial score (nSPS) is 20.5. The maximum atomic E-state index is 5.65. The Morgan fingerprint density at radius 2 is 2.04 bits per heavy atom. The van der Waals surface area contributed by atoms with Crippen molar-refractivity contribution in [2.75, 3.05) is 6.54 Å². The summed E-state index contributed by atoms with van der Waals surface area (Å²) in [6.45, 7) is 10.7. The van der Waals surface area contributed by atoms with Crippen molar-refractivity contribution >= 4 is 17.3 Å². The second kappa shape index (κ2) is 6.93. The molecular weight excluding hydrogens is 316 g/mol. The number of nitrogens with one attached hydrogen (secondary N) is 1. The van der Waals surface area contributed by atoms with Crippen molar-refractivity contribution in [1.29, 1.82) is 0 Å². The molecule has 2 aromatic heterocycles. The molecule has 0 saturated carbocycles. The van der Waals surface area contributed by atoms with E-state index in [9.17, 15) is 0 Å². The van der Waals surface area contributed by atoms with Gasteiger partial charge in [0.1, 0.15) is 0 Å². The van der Waals surface area contributed by atoms with Crippen LogP contribution in [0.3, 0.4) is 0 Å². The largest absolute Gasteiger partial charge is 0.352 e. The SMILES string of the molecule is CCCN1C(=S)N[C@H](c2ccccn2)[C@H]1c1cc(C)n(CC)c1C. The second-order valence-corrected chi connectivity index (χ2v) is 6.78. The quantitative estimate of drug-likeness (QED) is 0.836. The molecule has 0 aliphatic carbocycles. The first-order valence-corrected chi connectivity index (χ1v) is 9.14. The first-order valence-electron chi connectivity index (χ1n) is 8.73. The minimum Gasteiger partial charge on any atom is -0.352 e. The van der Waals surface area contributed by atoms with E-state index in [2.05, 4.69) is 59.6 Å². The summed E-state index contributed by atoms with van der Waals surface area (Å²) < 4.78 is 2.37. The Morgan fingerprint density at radius 1 is 1.25 bits per heavy atom. The highest BCUT2D eigenvalue weighted by Gasteiger charge is 2.40. The van der Waals surface area contributed by atoms with E-state index in [0.29, 0.717) is 0 Å². The molecule has 0 amide bonds. The van der Waals surface area contributed by atoms with E-state index in [0.717, 1.165) is 30.3 Å². The van der Waals surface area contributed by atoms with Crippen LogP contribution < -0.4 is 5.32 Å². The van der Waals surface area contributed by atoms with Crippen LogP contribution in [0.2, 0.25) is 0 Å². The summed E-state index contributed by atoms with van der Waals surface area (Å²) in [5.74, 6) is 0. The summed E-state index contributed by atoms with van der Waals surface area (Å²) >= 11 is 5.65. The lowest BCUT2D eigenvalue weighted by molar-refractivity contribution is 0.316. The summed E-state index contributed by atoms with van der Waals surface area (Å²) in [6.07, 6.45) is 2.93. The minimum atomic E-state index is 0.0936. The summed E-state index contributed by atoms with van der Waals surface area (Å²) in [4.78, 5) is 6.92. The predicted octanol–water partition coefficient (Wildman–Crippen LogP) is 3.90. The molecule has 3 heterocycles. The van der Waals surface area contributed by atoms with Gasteiger partial charge in [-0.3, -0.25) is 4.98 Å². The molecule has 5 heteroatoms. The molecule has 3 rings (SSSR count). The molecule has 2 aromatic rings. The number of rotatable bonds is 5. The van der Waals surface area contributed by atoms with Crippen LogP contribution in [0.1, 0.15) is 55.0 Å². The highest BCUT2D eigenvalue weighted by atomic mass is 32.1. The molecule has 0 unspecified atom stereocenters. The van der Waals surface area contributed by atoms with E-state index in [1.54, 1.807) is 0 Å². The third-order valence-electron chi connectivity index (χ3n) is 4.91. The second-order valence-electron chi connectivity index (χ2n) is 6.39. The monoisotopic (exact) mass is 342 g/mol. The number of thiocarbonyl (C=S) groups is 1. The number of aryl methyl sites for hydroxylation is 1. The number of hydrogen-bond acceptors (Lipinski definition) is 2. The van der Waals surface area contributed by atoms with E-state index in [1.807, 2.05) is 18.3 Å². The van der Waals surface area contributed by atoms with Gasteiger partial charge in [0, 0.05) is 30.7 Å². The Bertz CT molecular complexity index is 722. The molecule has 2 atom stereocenters. The zero-order valence-electron chi connectivity index (χ0n) is 14.9. The molecule has 0 radical (unpaired) electrons. The van der Waals surface area contributed by atoms with Crippen LogP contribution in [0, 0.1) is 13.8 Å². The molecule has 24 heavy (non-hydrogen) atoms. The number of nitrogens with zero attached hydrogens (tertiary/aromatic N) is 3. The minimum absolute atomic E-state index is 0.0936. The van der Waals surface area contributed by atoms with E-state index in [1.165, 1.54) is 17.0 Å². The van der Waals surface area contributed by atoms with Gasteiger partial charge in [0.2, 0.25) is 0 Å². The van der Waals surface area contributed by atoms with Gasteiger partial charge in [-0.2, -0.15) is 0 Å². The predicted molar refractivity (Wildman–Crippen MR) is 102 cm³/mol. The highest BCUT2D eigenvalue weighted by molar-refractivity contribution is 7.80. The fraction of sp³-hybridized carbons (Fsp3) is 0.474. The van der Waals surface area contributed by atoms with Crippen LogP contribution in [-0.2, 0) is 6.54 Å². The Morgan fingerprint density at radius 3 is 2.62 bits per heavy atom. The molecule has 1 aliphatic heterocycles. The Kier molecular flexibility index (Phi) is 4.90. The Hall–Kier alpha value is -1.88. The summed E-state index contributed by atoms with van der Waals surface area (Å²) in [7, 11) is 0. The van der Waals surface area contributed by atoms with Crippen molar-refractivity contribution in [2.24, 2.45) is 0 Å². The van der Waals surface area contributed by atoms with Gasteiger partial charge in [0.25, 0.3) is 0 Å². The van der Waals surface area contributed by atoms with Gasteiger partial charge in [-0.05, 0) is 63.2 Å². The van der Waals surface area contributed by atoms with Gasteiger partial charge in [-0.1, -0.05) is 13.0 Å². The van der Waals surface area contributed by atoms with Gasteiger partial charge in [-0.25, -0.2) is 0 Å². The third-order valence-corrected chi connectivity index (χ3v) is 5.26. The molecule has 0 aromatic carbocycles. The Labute approximate surface area is 149 Å². The molecule has 0 spiro atoms. The van der Waals surface area contributed by atoms with Gasteiger partial charge in [0.15, 0.2) is 5.11 Å². The van der Waals surface area contributed by atoms with Crippen LogP contribution in [0.4, 0.5) is 0 Å². The lowest BCUT2D eigenvalue weighted by Gasteiger charge is -2.27. The van der Waals surface area contributed by atoms with Crippen molar-refractivity contribution in [3.05, 3.63) is 53.1 Å². The van der Waals surface area contributed by atoms with Crippen LogP contribution in [0.15, 0.2) is 30.5 Å². The van der Waals surface area contributed by atoms with Crippen LogP contribution >= 0.6 is 12.2 Å². The number of aromatic nitrogens is 2. The van der Waals surface area contributed by atoms with E-state index in [4.69, 9.17) is 12.2 Å². The zero-order chi connectivity index (χ0) is 17.3. The smallest absolute Gasteiger partial charge is 0.170 e. The molecule has 4 nitrogen and oxygen atoms in total. The first kappa shape index (κ1) is 17.0. The summed E-state index contributed by atoms with van der Waals surface area (Å²) in [6, 6.07) is 8.69. The van der Waals surface area contributed by atoms with Gasteiger partial charge in [-0.15, -0.1) is 0 Å². The standard InChI is InChI=1S/C19H26N4S/c1-5-11-23-18(15-12-13(3)22(6-2)14(15)4)17(21-19(23)24)16-9-7-8-10-20-16/h7-10,12,17-18H,5-6,11H2,1-4H3,(H,21,24)/t17-,18-/m1/s1. The highest BCUT2D eigenvalue weighted by Crippen LogP contribution is 2.40. The molecular formula is C19H26N4S. The average molecular weight is 343 g/mol. The third kappa shape index (κ3) is 2.81. The van der Waals surface area contributed by atoms with Crippen LogP contribution in [-0.4, -0.2) is 26.1 Å². The topological polar surface area (TPSA) is 33.1 Å². The molecule has 1 saturated heterocycles. The van der Waals surface area contributed by atoms with E-state index < -0.39 is 0 Å². The first-order chi connectivity index (χ1) is 11.6. The Balaban J connectivity index is 2.09. The van der Waals surface area contributed by atoms with Gasteiger partial charge < -0.3 is 14.8 Å². The van der Waals surface area contributed by atoms with Crippen molar-refractivity contribution in [3.63, 3.8) is 0 Å². The lowest BCUT2D eigenvalue weighted by atomic mass is 9.96. The van der Waals surface area contributed by atoms with Crippen molar-refractivity contribution in [3.8, 4) is 0 Å².